The Balaban J connectivity index is 2.53. The zero-order valence-corrected chi connectivity index (χ0v) is 17.6. The van der Waals surface area contributed by atoms with Crippen LogP contribution < -0.4 is 0 Å². The molecule has 0 saturated carbocycles. The third kappa shape index (κ3) is 4.13. The van der Waals surface area contributed by atoms with E-state index in [1.807, 2.05) is 24.3 Å². The van der Waals surface area contributed by atoms with Gasteiger partial charge in [0.25, 0.3) is 0 Å². The molecule has 0 aromatic heterocycles. The first-order chi connectivity index (χ1) is 11.5. The van der Waals surface area contributed by atoms with Crippen LogP contribution >= 0.6 is 15.9 Å². The number of hydrogen-bond donors (Lipinski definition) is 0. The molecule has 0 aliphatic heterocycles. The molecule has 1 unspecified atom stereocenters. The maximum absolute atomic E-state index is 13.1. The third-order valence-corrected chi connectivity index (χ3v) is 8.05. The SMILES string of the molecule is Cc1ccc(S(C)(=O)=O)cc1S(=O)(=O)N(C)C(C)c1ccccc1Br. The van der Waals surface area contributed by atoms with Crippen molar-refractivity contribution in [3.63, 3.8) is 0 Å². The molecular weight excluding hydrogens is 426 g/mol. The van der Waals surface area contributed by atoms with Crippen molar-refractivity contribution in [2.45, 2.75) is 29.7 Å². The zero-order chi connectivity index (χ0) is 19.0. The van der Waals surface area contributed by atoms with Gasteiger partial charge in [-0.15, -0.1) is 0 Å². The highest BCUT2D eigenvalue weighted by Gasteiger charge is 2.29. The smallest absolute Gasteiger partial charge is 0.224 e. The monoisotopic (exact) mass is 445 g/mol. The van der Waals surface area contributed by atoms with Crippen molar-refractivity contribution in [2.75, 3.05) is 13.3 Å². The van der Waals surface area contributed by atoms with Crippen LogP contribution in [-0.4, -0.2) is 34.4 Å². The van der Waals surface area contributed by atoms with Gasteiger partial charge in [0.2, 0.25) is 10.0 Å². The van der Waals surface area contributed by atoms with Crippen LogP contribution in [0.15, 0.2) is 56.7 Å². The van der Waals surface area contributed by atoms with Crippen LogP contribution in [0.25, 0.3) is 0 Å². The van der Waals surface area contributed by atoms with Crippen molar-refractivity contribution < 1.29 is 16.8 Å². The Morgan fingerprint density at radius 1 is 1.04 bits per heavy atom. The second-order valence-corrected chi connectivity index (χ2v) is 10.8. The molecule has 0 spiro atoms. The zero-order valence-electron chi connectivity index (χ0n) is 14.4. The fourth-order valence-electron chi connectivity index (χ4n) is 2.46. The van der Waals surface area contributed by atoms with Gasteiger partial charge in [0.15, 0.2) is 9.84 Å². The molecule has 2 aromatic carbocycles. The van der Waals surface area contributed by atoms with Gasteiger partial charge in [-0.2, -0.15) is 4.31 Å². The summed E-state index contributed by atoms with van der Waals surface area (Å²) in [5.74, 6) is 0. The van der Waals surface area contributed by atoms with E-state index in [-0.39, 0.29) is 9.79 Å². The fraction of sp³-hybridized carbons (Fsp3) is 0.294. The minimum atomic E-state index is -3.87. The number of halogens is 1. The second-order valence-electron chi connectivity index (χ2n) is 5.92. The predicted octanol–water partition coefficient (Wildman–Crippen LogP) is 3.54. The predicted molar refractivity (Wildman–Crippen MR) is 102 cm³/mol. The van der Waals surface area contributed by atoms with Gasteiger partial charge in [0.1, 0.15) is 0 Å². The van der Waals surface area contributed by atoms with Crippen molar-refractivity contribution in [1.82, 2.24) is 4.31 Å². The first-order valence-electron chi connectivity index (χ1n) is 7.49. The molecular formula is C17H20BrNO4S2. The summed E-state index contributed by atoms with van der Waals surface area (Å²) in [6, 6.07) is 11.1. The Bertz CT molecular complexity index is 1000. The van der Waals surface area contributed by atoms with Crippen molar-refractivity contribution in [3.05, 3.63) is 58.1 Å². The Morgan fingerprint density at radius 2 is 1.64 bits per heavy atom. The van der Waals surface area contributed by atoms with Crippen molar-refractivity contribution >= 4 is 35.8 Å². The minimum absolute atomic E-state index is 0.00294. The molecule has 0 radical (unpaired) electrons. The maximum atomic E-state index is 13.1. The number of nitrogens with zero attached hydrogens (tertiary/aromatic N) is 1. The highest BCUT2D eigenvalue weighted by atomic mass is 79.9. The van der Waals surface area contributed by atoms with Gasteiger partial charge in [-0.1, -0.05) is 40.2 Å². The quantitative estimate of drug-likeness (QED) is 0.705. The van der Waals surface area contributed by atoms with Gasteiger partial charge >= 0.3 is 0 Å². The summed E-state index contributed by atoms with van der Waals surface area (Å²) in [6.45, 7) is 3.43. The highest BCUT2D eigenvalue weighted by Crippen LogP contribution is 2.32. The average Bonchev–Trinajstić information content (AvgIpc) is 2.53. The lowest BCUT2D eigenvalue weighted by Crippen LogP contribution is -2.30. The summed E-state index contributed by atoms with van der Waals surface area (Å²) in [7, 11) is -5.87. The Hall–Kier alpha value is -1.22. The van der Waals surface area contributed by atoms with Gasteiger partial charge in [0, 0.05) is 23.8 Å². The molecule has 0 aliphatic rings. The van der Waals surface area contributed by atoms with E-state index >= 15 is 0 Å². The highest BCUT2D eigenvalue weighted by molar-refractivity contribution is 9.10. The Kier molecular flexibility index (Phi) is 5.78. The molecule has 2 aromatic rings. The number of benzene rings is 2. The molecule has 2 rings (SSSR count). The topological polar surface area (TPSA) is 71.5 Å². The molecule has 8 heteroatoms. The van der Waals surface area contributed by atoms with Crippen LogP contribution in [0.5, 0.6) is 0 Å². The third-order valence-electron chi connectivity index (χ3n) is 4.15. The molecule has 0 fully saturated rings. The van der Waals surface area contributed by atoms with Crippen molar-refractivity contribution in [2.24, 2.45) is 0 Å². The van der Waals surface area contributed by atoms with E-state index in [0.29, 0.717) is 5.56 Å². The first-order valence-corrected chi connectivity index (χ1v) is 11.6. The fourth-order valence-corrected chi connectivity index (χ4v) is 5.39. The minimum Gasteiger partial charge on any atom is -0.224 e. The molecule has 136 valence electrons. The van der Waals surface area contributed by atoms with E-state index in [1.54, 1.807) is 13.8 Å². The van der Waals surface area contributed by atoms with E-state index in [4.69, 9.17) is 0 Å². The summed E-state index contributed by atoms with van der Waals surface area (Å²) in [5, 5.41) is 0. The average molecular weight is 446 g/mol. The molecule has 0 N–H and O–H groups in total. The molecule has 0 aliphatic carbocycles. The maximum Gasteiger partial charge on any atom is 0.243 e. The van der Waals surface area contributed by atoms with Crippen molar-refractivity contribution in [1.29, 1.82) is 0 Å². The summed E-state index contributed by atoms with van der Waals surface area (Å²) in [6.07, 6.45) is 1.06. The summed E-state index contributed by atoms with van der Waals surface area (Å²) in [5.41, 5.74) is 1.32. The molecule has 0 bridgehead atoms. The van der Waals surface area contributed by atoms with E-state index in [1.165, 1.54) is 29.6 Å². The van der Waals surface area contributed by atoms with Crippen molar-refractivity contribution in [3.8, 4) is 0 Å². The molecule has 25 heavy (non-hydrogen) atoms. The summed E-state index contributed by atoms with van der Waals surface area (Å²) >= 11 is 3.44. The standard InChI is InChI=1S/C17H20BrNO4S2/c1-12-9-10-14(24(4,20)21)11-17(12)25(22,23)19(3)13(2)15-7-5-6-8-16(15)18/h5-11,13H,1-4H3. The van der Waals surface area contributed by atoms with Gasteiger partial charge in [-0.3, -0.25) is 0 Å². The van der Waals surface area contributed by atoms with Crippen LogP contribution in [0.1, 0.15) is 24.1 Å². The van der Waals surface area contributed by atoms with Crippen LogP contribution in [0.2, 0.25) is 0 Å². The Labute approximate surface area is 157 Å². The molecule has 1 atom stereocenters. The number of aryl methyl sites for hydroxylation is 1. The number of rotatable bonds is 5. The Morgan fingerprint density at radius 3 is 2.20 bits per heavy atom. The van der Waals surface area contributed by atoms with E-state index in [0.717, 1.165) is 16.3 Å². The first kappa shape index (κ1) is 20.1. The van der Waals surface area contributed by atoms with Gasteiger partial charge in [-0.25, -0.2) is 16.8 Å². The lowest BCUT2D eigenvalue weighted by Gasteiger charge is -2.26. The molecule has 0 heterocycles. The van der Waals surface area contributed by atoms with Gasteiger partial charge < -0.3 is 0 Å². The lowest BCUT2D eigenvalue weighted by molar-refractivity contribution is 0.397. The number of sulfonamides is 1. The largest absolute Gasteiger partial charge is 0.243 e. The summed E-state index contributed by atoms with van der Waals surface area (Å²) < 4.78 is 51.8. The second kappa shape index (κ2) is 7.19. The number of hydrogen-bond acceptors (Lipinski definition) is 4. The lowest BCUT2D eigenvalue weighted by atomic mass is 10.1. The number of sulfone groups is 1. The van der Waals surface area contributed by atoms with Crippen LogP contribution in [-0.2, 0) is 19.9 Å². The normalized spacial score (nSPS) is 13.8. The van der Waals surface area contributed by atoms with Gasteiger partial charge in [-0.05, 0) is 43.2 Å². The van der Waals surface area contributed by atoms with E-state index in [2.05, 4.69) is 15.9 Å². The van der Waals surface area contributed by atoms with Crippen LogP contribution in [0, 0.1) is 6.92 Å². The molecule has 0 saturated heterocycles. The molecule has 5 nitrogen and oxygen atoms in total. The van der Waals surface area contributed by atoms with Crippen LogP contribution in [0.3, 0.4) is 0 Å². The summed E-state index contributed by atoms with van der Waals surface area (Å²) in [4.78, 5) is -0.0181. The van der Waals surface area contributed by atoms with Crippen LogP contribution in [0.4, 0.5) is 0 Å². The van der Waals surface area contributed by atoms with E-state index in [9.17, 15) is 16.8 Å². The van der Waals surface area contributed by atoms with Gasteiger partial charge in [0.05, 0.1) is 9.79 Å². The van der Waals surface area contributed by atoms with E-state index < -0.39 is 25.9 Å². The molecule has 0 amide bonds.